The lowest BCUT2D eigenvalue weighted by Gasteiger charge is -2.17. The zero-order valence-electron chi connectivity index (χ0n) is 15.2. The van der Waals surface area contributed by atoms with Crippen LogP contribution in [-0.2, 0) is 12.0 Å². The topological polar surface area (TPSA) is 59.8 Å². The normalized spacial score (nSPS) is 23.0. The van der Waals surface area contributed by atoms with Gasteiger partial charge in [-0.1, -0.05) is 30.3 Å². The van der Waals surface area contributed by atoms with E-state index in [1.807, 2.05) is 35.0 Å². The molecule has 5 nitrogen and oxygen atoms in total. The Morgan fingerprint density at radius 1 is 1.18 bits per heavy atom. The standard InChI is InChI=1S/C22H19BrN4O/c23-15-6-7-18(24-12-15)27-20-16-10-13(16)11-17(20)19(26-27)21(28)25-22(8-9-22)14-4-2-1-3-5-14/h1-7,12-13,16H,8-11H2,(H,25,28)/t13-,16-/m1/s1. The molecule has 2 fully saturated rings. The Balaban J connectivity index is 1.37. The first-order valence-corrected chi connectivity index (χ1v) is 10.6. The van der Waals surface area contributed by atoms with E-state index in [-0.39, 0.29) is 11.4 Å². The summed E-state index contributed by atoms with van der Waals surface area (Å²) in [6.07, 6.45) is 5.88. The van der Waals surface area contributed by atoms with Gasteiger partial charge < -0.3 is 5.32 Å². The van der Waals surface area contributed by atoms with Gasteiger partial charge in [-0.25, -0.2) is 9.67 Å². The lowest BCUT2D eigenvalue weighted by molar-refractivity contribution is 0.0924. The molecule has 0 spiro atoms. The van der Waals surface area contributed by atoms with E-state index in [4.69, 9.17) is 5.10 Å². The smallest absolute Gasteiger partial charge is 0.272 e. The molecule has 1 N–H and O–H groups in total. The number of rotatable bonds is 4. The SMILES string of the molecule is O=C(NC1(c2ccccc2)CC1)c1nn(-c2ccc(Br)cn2)c2c1C[C@H]1C[C@@H]21. The summed E-state index contributed by atoms with van der Waals surface area (Å²) in [5.74, 6) is 1.91. The molecule has 0 bridgehead atoms. The number of hydrogen-bond donors (Lipinski definition) is 1. The number of nitrogens with zero attached hydrogens (tertiary/aromatic N) is 3. The minimum absolute atomic E-state index is 0.0604. The molecule has 3 aromatic rings. The maximum Gasteiger partial charge on any atom is 0.272 e. The fraction of sp³-hybridized carbons (Fsp3) is 0.318. The highest BCUT2D eigenvalue weighted by Gasteiger charge is 2.51. The number of benzene rings is 1. The van der Waals surface area contributed by atoms with Gasteiger partial charge in [-0.15, -0.1) is 0 Å². The van der Waals surface area contributed by atoms with Crippen LogP contribution in [0.4, 0.5) is 0 Å². The fourth-order valence-electron chi connectivity index (χ4n) is 4.61. The Morgan fingerprint density at radius 3 is 2.71 bits per heavy atom. The molecule has 3 aliphatic carbocycles. The zero-order valence-corrected chi connectivity index (χ0v) is 16.8. The van der Waals surface area contributed by atoms with Gasteiger partial charge in [-0.2, -0.15) is 5.10 Å². The van der Waals surface area contributed by atoms with Crippen molar-refractivity contribution < 1.29 is 4.79 Å². The number of hydrogen-bond acceptors (Lipinski definition) is 3. The summed E-state index contributed by atoms with van der Waals surface area (Å²) in [5, 5.41) is 8.03. The number of fused-ring (bicyclic) bond motifs is 3. The van der Waals surface area contributed by atoms with Crippen molar-refractivity contribution in [3.05, 3.63) is 75.6 Å². The second kappa shape index (κ2) is 5.77. The van der Waals surface area contributed by atoms with Crippen LogP contribution >= 0.6 is 15.9 Å². The molecule has 2 atom stereocenters. The fourth-order valence-corrected chi connectivity index (χ4v) is 4.85. The van der Waals surface area contributed by atoms with Crippen LogP contribution in [0.25, 0.3) is 5.82 Å². The van der Waals surface area contributed by atoms with Crippen molar-refractivity contribution in [3.8, 4) is 5.82 Å². The van der Waals surface area contributed by atoms with Crippen LogP contribution in [0.2, 0.25) is 0 Å². The van der Waals surface area contributed by atoms with E-state index in [1.54, 1.807) is 6.20 Å². The van der Waals surface area contributed by atoms with Crippen molar-refractivity contribution in [2.75, 3.05) is 0 Å². The Kier molecular flexibility index (Phi) is 3.39. The van der Waals surface area contributed by atoms with E-state index in [1.165, 1.54) is 17.7 Å². The Hall–Kier alpha value is -2.47. The molecule has 0 radical (unpaired) electrons. The summed E-state index contributed by atoms with van der Waals surface area (Å²) in [4.78, 5) is 17.7. The predicted octanol–water partition coefficient (Wildman–Crippen LogP) is 4.11. The Labute approximate surface area is 171 Å². The summed E-state index contributed by atoms with van der Waals surface area (Å²) in [6.45, 7) is 0. The average Bonchev–Trinajstić information content (AvgIpc) is 3.59. The monoisotopic (exact) mass is 434 g/mol. The summed E-state index contributed by atoms with van der Waals surface area (Å²) < 4.78 is 2.83. The molecule has 1 aromatic carbocycles. The first kappa shape index (κ1) is 16.5. The Bertz CT molecular complexity index is 1090. The van der Waals surface area contributed by atoms with Crippen molar-refractivity contribution in [1.82, 2.24) is 20.1 Å². The van der Waals surface area contributed by atoms with E-state index in [0.29, 0.717) is 17.5 Å². The predicted molar refractivity (Wildman–Crippen MR) is 108 cm³/mol. The number of nitrogens with one attached hydrogen (secondary N) is 1. The van der Waals surface area contributed by atoms with Gasteiger partial charge in [0.25, 0.3) is 5.91 Å². The van der Waals surface area contributed by atoms with Crippen LogP contribution in [0.3, 0.4) is 0 Å². The van der Waals surface area contributed by atoms with Crippen molar-refractivity contribution in [1.29, 1.82) is 0 Å². The Morgan fingerprint density at radius 2 is 2.00 bits per heavy atom. The zero-order chi connectivity index (χ0) is 18.9. The van der Waals surface area contributed by atoms with Crippen LogP contribution in [0, 0.1) is 5.92 Å². The van der Waals surface area contributed by atoms with Gasteiger partial charge in [0.05, 0.1) is 11.2 Å². The molecule has 0 saturated heterocycles. The second-order valence-corrected chi connectivity index (χ2v) is 9.08. The molecule has 6 rings (SSSR count). The minimum atomic E-state index is -0.230. The number of carbonyl (C=O) groups is 1. The van der Waals surface area contributed by atoms with Gasteiger partial charge in [0.2, 0.25) is 0 Å². The maximum absolute atomic E-state index is 13.2. The molecule has 0 aliphatic heterocycles. The van der Waals surface area contributed by atoms with Crippen LogP contribution in [0.15, 0.2) is 53.1 Å². The molecule has 28 heavy (non-hydrogen) atoms. The molecule has 1 amide bonds. The molecular weight excluding hydrogens is 416 g/mol. The van der Waals surface area contributed by atoms with Crippen molar-refractivity contribution >= 4 is 21.8 Å². The maximum atomic E-state index is 13.2. The quantitative estimate of drug-likeness (QED) is 0.671. The molecule has 3 aliphatic rings. The first-order chi connectivity index (χ1) is 13.6. The number of amides is 1. The largest absolute Gasteiger partial charge is 0.341 e. The van der Waals surface area contributed by atoms with Crippen LogP contribution in [0.1, 0.15) is 52.5 Å². The van der Waals surface area contributed by atoms with E-state index in [0.717, 1.165) is 35.1 Å². The van der Waals surface area contributed by atoms with Crippen molar-refractivity contribution in [3.63, 3.8) is 0 Å². The van der Waals surface area contributed by atoms with Crippen LogP contribution in [-0.4, -0.2) is 20.7 Å². The molecule has 6 heteroatoms. The van der Waals surface area contributed by atoms with Gasteiger partial charge >= 0.3 is 0 Å². The highest BCUT2D eigenvalue weighted by Crippen LogP contribution is 2.57. The van der Waals surface area contributed by atoms with Gasteiger partial charge in [0.15, 0.2) is 11.5 Å². The summed E-state index contributed by atoms with van der Waals surface area (Å²) in [6, 6.07) is 14.2. The van der Waals surface area contributed by atoms with Gasteiger partial charge in [0, 0.05) is 22.2 Å². The van der Waals surface area contributed by atoms with E-state index < -0.39 is 0 Å². The number of halogens is 1. The molecule has 2 saturated carbocycles. The van der Waals surface area contributed by atoms with Crippen LogP contribution in [0.5, 0.6) is 0 Å². The van der Waals surface area contributed by atoms with Gasteiger partial charge in [-0.05, 0) is 65.2 Å². The first-order valence-electron chi connectivity index (χ1n) is 9.76. The summed E-state index contributed by atoms with van der Waals surface area (Å²) in [7, 11) is 0. The molecule has 140 valence electrons. The lowest BCUT2D eigenvalue weighted by Crippen LogP contribution is -2.35. The minimum Gasteiger partial charge on any atom is -0.341 e. The average molecular weight is 435 g/mol. The molecular formula is C22H19BrN4O. The van der Waals surface area contributed by atoms with Gasteiger partial charge in [0.1, 0.15) is 0 Å². The number of pyridine rings is 1. The molecule has 2 aromatic heterocycles. The lowest BCUT2D eigenvalue weighted by atomic mass is 10.0. The second-order valence-electron chi connectivity index (χ2n) is 8.17. The number of aromatic nitrogens is 3. The van der Waals surface area contributed by atoms with Crippen LogP contribution < -0.4 is 5.32 Å². The van der Waals surface area contributed by atoms with Crippen molar-refractivity contribution in [2.45, 2.75) is 37.1 Å². The summed E-state index contributed by atoms with van der Waals surface area (Å²) in [5.41, 5.74) is 3.83. The molecule has 2 heterocycles. The highest BCUT2D eigenvalue weighted by atomic mass is 79.9. The third-order valence-corrected chi connectivity index (χ3v) is 6.81. The number of carbonyl (C=O) groups excluding carboxylic acids is 1. The van der Waals surface area contributed by atoms with E-state index in [9.17, 15) is 4.79 Å². The molecule has 0 unspecified atom stereocenters. The summed E-state index contributed by atoms with van der Waals surface area (Å²) >= 11 is 3.43. The van der Waals surface area contributed by atoms with Gasteiger partial charge in [-0.3, -0.25) is 4.79 Å². The third kappa shape index (κ3) is 2.47. The van der Waals surface area contributed by atoms with Crippen molar-refractivity contribution in [2.24, 2.45) is 5.92 Å². The van der Waals surface area contributed by atoms with E-state index in [2.05, 4.69) is 38.4 Å². The highest BCUT2D eigenvalue weighted by molar-refractivity contribution is 9.10. The third-order valence-electron chi connectivity index (χ3n) is 6.34. The van der Waals surface area contributed by atoms with E-state index >= 15 is 0 Å².